The average Bonchev–Trinajstić information content (AvgIpc) is 2.49. The highest BCUT2D eigenvalue weighted by Gasteiger charge is 2.25. The number of nitrogens with zero attached hydrogens (tertiary/aromatic N) is 1. The third-order valence-corrected chi connectivity index (χ3v) is 4.27. The highest BCUT2D eigenvalue weighted by atomic mass is 35.5. The summed E-state index contributed by atoms with van der Waals surface area (Å²) in [6.07, 6.45) is 8.92. The molecular formula is C13H14Cl3N4O+. The summed E-state index contributed by atoms with van der Waals surface area (Å²) in [4.78, 5) is 14.6. The third-order valence-electron chi connectivity index (χ3n) is 3.11. The lowest BCUT2D eigenvalue weighted by Crippen LogP contribution is -2.28. The van der Waals surface area contributed by atoms with Crippen LogP contribution in [0.2, 0.25) is 15.2 Å². The molecule has 21 heavy (non-hydrogen) atoms. The number of aromatic nitrogens is 1. The van der Waals surface area contributed by atoms with Crippen molar-refractivity contribution in [3.8, 4) is 0 Å². The Morgan fingerprint density at radius 1 is 1.38 bits per heavy atom. The van der Waals surface area contributed by atoms with Crippen LogP contribution in [0.5, 0.6) is 0 Å². The second kappa shape index (κ2) is 7.11. The Morgan fingerprint density at radius 2 is 2.14 bits per heavy atom. The summed E-state index contributed by atoms with van der Waals surface area (Å²) in [5, 5.41) is 4.08. The summed E-state index contributed by atoms with van der Waals surface area (Å²) in [7, 11) is 0. The zero-order chi connectivity index (χ0) is 15.4. The molecular weight excluding hydrogens is 335 g/mol. The van der Waals surface area contributed by atoms with Crippen molar-refractivity contribution < 1.29 is 9.78 Å². The first kappa shape index (κ1) is 16.1. The van der Waals surface area contributed by atoms with Crippen molar-refractivity contribution in [1.82, 2.24) is 5.43 Å². The fraction of sp³-hybridized carbons (Fsp3) is 0.308. The normalized spacial score (nSPS) is 18.1. The first-order valence-electron chi connectivity index (χ1n) is 6.34. The van der Waals surface area contributed by atoms with E-state index in [0.29, 0.717) is 5.92 Å². The number of hydrogen-bond donors (Lipinski definition) is 2. The van der Waals surface area contributed by atoms with E-state index in [0.717, 1.165) is 19.3 Å². The fourth-order valence-corrected chi connectivity index (χ4v) is 2.55. The number of amides is 1. The van der Waals surface area contributed by atoms with Gasteiger partial charge in [0.25, 0.3) is 10.8 Å². The van der Waals surface area contributed by atoms with Crippen molar-refractivity contribution in [2.45, 2.75) is 19.3 Å². The molecule has 112 valence electrons. The number of anilines is 1. The van der Waals surface area contributed by atoms with E-state index in [4.69, 9.17) is 40.5 Å². The van der Waals surface area contributed by atoms with E-state index in [1.807, 2.05) is 0 Å². The summed E-state index contributed by atoms with van der Waals surface area (Å²) < 4.78 is 0. The first-order chi connectivity index (χ1) is 10.0. The van der Waals surface area contributed by atoms with Gasteiger partial charge in [-0.2, -0.15) is 10.1 Å². The van der Waals surface area contributed by atoms with Crippen LogP contribution in [0.25, 0.3) is 0 Å². The highest BCUT2D eigenvalue weighted by molar-refractivity contribution is 6.45. The molecule has 0 radical (unpaired) electrons. The SMILES string of the molecule is Nc1c(Cl)c(Cl)[nH+]c(C(=O)N/N=C/[C@@H]2CC=CCC2)c1Cl. The molecule has 0 spiro atoms. The molecule has 0 bridgehead atoms. The molecule has 1 aliphatic carbocycles. The third kappa shape index (κ3) is 3.87. The molecule has 0 fully saturated rings. The molecule has 8 heteroatoms. The lowest BCUT2D eigenvalue weighted by molar-refractivity contribution is -0.379. The average molecular weight is 349 g/mol. The van der Waals surface area contributed by atoms with E-state index in [9.17, 15) is 4.79 Å². The number of nitrogen functional groups attached to an aromatic ring is 1. The number of aromatic amines is 1. The van der Waals surface area contributed by atoms with E-state index in [-0.39, 0.29) is 26.6 Å². The van der Waals surface area contributed by atoms with Crippen molar-refractivity contribution >= 4 is 52.6 Å². The predicted octanol–water partition coefficient (Wildman–Crippen LogP) is 3.12. The van der Waals surface area contributed by atoms with Gasteiger partial charge >= 0.3 is 5.91 Å². The van der Waals surface area contributed by atoms with Gasteiger partial charge in [-0.1, -0.05) is 35.4 Å². The summed E-state index contributed by atoms with van der Waals surface area (Å²) >= 11 is 17.6. The van der Waals surface area contributed by atoms with Gasteiger partial charge < -0.3 is 5.73 Å². The zero-order valence-electron chi connectivity index (χ0n) is 11.0. The van der Waals surface area contributed by atoms with Gasteiger partial charge in [0.05, 0.1) is 5.69 Å². The predicted molar refractivity (Wildman–Crippen MR) is 84.9 cm³/mol. The van der Waals surface area contributed by atoms with Crippen molar-refractivity contribution in [3.63, 3.8) is 0 Å². The van der Waals surface area contributed by atoms with Gasteiger partial charge in [0.2, 0.25) is 0 Å². The summed E-state index contributed by atoms with van der Waals surface area (Å²) in [5.41, 5.74) is 8.13. The molecule has 4 N–H and O–H groups in total. The lowest BCUT2D eigenvalue weighted by Gasteiger charge is -2.11. The van der Waals surface area contributed by atoms with Gasteiger partial charge in [-0.15, -0.1) is 0 Å². The van der Waals surface area contributed by atoms with Gasteiger partial charge in [0, 0.05) is 6.21 Å². The minimum absolute atomic E-state index is 0.0118. The molecule has 0 saturated heterocycles. The maximum atomic E-state index is 12.0. The van der Waals surface area contributed by atoms with Gasteiger partial charge in [-0.25, -0.2) is 5.43 Å². The number of carbonyl (C=O) groups is 1. The van der Waals surface area contributed by atoms with Gasteiger partial charge in [-0.05, 0) is 36.8 Å². The molecule has 2 rings (SSSR count). The maximum Gasteiger partial charge on any atom is 0.337 e. The van der Waals surface area contributed by atoms with Gasteiger partial charge in [0.15, 0.2) is 0 Å². The van der Waals surface area contributed by atoms with Gasteiger partial charge in [-0.3, -0.25) is 4.79 Å². The zero-order valence-corrected chi connectivity index (χ0v) is 13.3. The van der Waals surface area contributed by atoms with Crippen LogP contribution in [0, 0.1) is 5.92 Å². The van der Waals surface area contributed by atoms with Crippen molar-refractivity contribution in [1.29, 1.82) is 0 Å². The highest BCUT2D eigenvalue weighted by Crippen LogP contribution is 2.31. The molecule has 1 aromatic rings. The molecule has 1 aliphatic rings. The largest absolute Gasteiger partial charge is 0.396 e. The summed E-state index contributed by atoms with van der Waals surface area (Å²) in [5.74, 6) is -0.207. The number of halogens is 3. The van der Waals surface area contributed by atoms with Crippen LogP contribution >= 0.6 is 34.8 Å². The quantitative estimate of drug-likeness (QED) is 0.381. The Balaban J connectivity index is 2.07. The fourth-order valence-electron chi connectivity index (χ4n) is 1.93. The number of nitrogens with two attached hydrogens (primary N) is 1. The number of carbonyl (C=O) groups excluding carboxylic acids is 1. The number of nitrogens with one attached hydrogen (secondary N) is 2. The Hall–Kier alpha value is -1.30. The molecule has 1 atom stereocenters. The maximum absolute atomic E-state index is 12.0. The van der Waals surface area contributed by atoms with Crippen LogP contribution < -0.4 is 16.1 Å². The number of pyridine rings is 1. The second-order valence-corrected chi connectivity index (χ2v) is 5.75. The Morgan fingerprint density at radius 3 is 2.81 bits per heavy atom. The van der Waals surface area contributed by atoms with E-state index in [2.05, 4.69) is 27.7 Å². The van der Waals surface area contributed by atoms with Gasteiger partial charge in [0.1, 0.15) is 10.0 Å². The molecule has 0 saturated carbocycles. The molecule has 1 aromatic heterocycles. The molecule has 5 nitrogen and oxygen atoms in total. The molecule has 1 amide bonds. The topological polar surface area (TPSA) is 81.6 Å². The number of allylic oxidation sites excluding steroid dienone is 2. The first-order valence-corrected chi connectivity index (χ1v) is 7.48. The molecule has 1 heterocycles. The smallest absolute Gasteiger partial charge is 0.337 e. The van der Waals surface area contributed by atoms with Crippen molar-refractivity contribution in [2.75, 3.05) is 5.73 Å². The number of hydrogen-bond acceptors (Lipinski definition) is 3. The van der Waals surface area contributed by atoms with Crippen LogP contribution in [0.1, 0.15) is 29.8 Å². The second-order valence-electron chi connectivity index (χ2n) is 4.62. The van der Waals surface area contributed by atoms with Crippen LogP contribution in [-0.2, 0) is 0 Å². The Labute approximate surface area is 137 Å². The van der Waals surface area contributed by atoms with Crippen LogP contribution in [0.15, 0.2) is 17.3 Å². The van der Waals surface area contributed by atoms with Crippen molar-refractivity contribution in [2.24, 2.45) is 11.0 Å². The summed E-state index contributed by atoms with van der Waals surface area (Å²) in [6.45, 7) is 0. The van der Waals surface area contributed by atoms with E-state index >= 15 is 0 Å². The summed E-state index contributed by atoms with van der Waals surface area (Å²) in [6, 6.07) is 0. The standard InChI is InChI=1S/C13H13Cl3N4O/c14-8-10(17)9(15)12(16)19-11(8)13(21)20-18-6-7-4-2-1-3-5-7/h1-2,6-7H,3-5H2,(H2,17,19)(H,20,21)/p+1/b18-6+/t7-/m1/s1. The Kier molecular flexibility index (Phi) is 5.45. The van der Waals surface area contributed by atoms with Crippen LogP contribution in [-0.4, -0.2) is 12.1 Å². The van der Waals surface area contributed by atoms with E-state index in [1.165, 1.54) is 0 Å². The van der Waals surface area contributed by atoms with Crippen LogP contribution in [0.4, 0.5) is 5.69 Å². The number of H-pyrrole nitrogens is 1. The monoisotopic (exact) mass is 347 g/mol. The van der Waals surface area contributed by atoms with Crippen LogP contribution in [0.3, 0.4) is 0 Å². The molecule has 0 aromatic carbocycles. The van der Waals surface area contributed by atoms with E-state index in [1.54, 1.807) is 6.21 Å². The lowest BCUT2D eigenvalue weighted by atomic mass is 9.96. The van der Waals surface area contributed by atoms with E-state index < -0.39 is 5.91 Å². The Bertz CT molecular complexity index is 616. The molecule has 0 unspecified atom stereocenters. The number of rotatable bonds is 3. The molecule has 0 aliphatic heterocycles. The minimum atomic E-state index is -0.534. The minimum Gasteiger partial charge on any atom is -0.396 e. The van der Waals surface area contributed by atoms with Crippen molar-refractivity contribution in [3.05, 3.63) is 33.0 Å². The number of hydrazone groups is 1.